The first-order valence-corrected chi connectivity index (χ1v) is 12.4. The zero-order valence-corrected chi connectivity index (χ0v) is 19.6. The van der Waals surface area contributed by atoms with Gasteiger partial charge < -0.3 is 9.15 Å². The van der Waals surface area contributed by atoms with Crippen molar-refractivity contribution < 1.29 is 31.9 Å². The molecule has 1 saturated heterocycles. The number of oxazole rings is 1. The first-order valence-electron chi connectivity index (χ1n) is 11.5. The second-order valence-electron chi connectivity index (χ2n) is 8.71. The summed E-state index contributed by atoms with van der Waals surface area (Å²) in [6, 6.07) is 5.26. The van der Waals surface area contributed by atoms with Crippen LogP contribution in [0.1, 0.15) is 62.5 Å². The number of halogens is 3. The number of hydrogen-bond donors (Lipinski definition) is 1. The summed E-state index contributed by atoms with van der Waals surface area (Å²) in [5, 5.41) is 1.73. The third-order valence-electron chi connectivity index (χ3n) is 6.36. The van der Waals surface area contributed by atoms with Gasteiger partial charge in [0, 0.05) is 12.0 Å². The molecule has 0 bridgehead atoms. The van der Waals surface area contributed by atoms with Gasteiger partial charge in [0.05, 0.1) is 23.5 Å². The van der Waals surface area contributed by atoms with Crippen LogP contribution in [0.4, 0.5) is 18.0 Å². The van der Waals surface area contributed by atoms with Gasteiger partial charge >= 0.3 is 6.18 Å². The van der Waals surface area contributed by atoms with E-state index in [0.29, 0.717) is 30.2 Å². The van der Waals surface area contributed by atoms with Crippen molar-refractivity contribution in [1.82, 2.24) is 10.3 Å². The Morgan fingerprint density at radius 3 is 2.71 bits per heavy atom. The predicted octanol–water partition coefficient (Wildman–Crippen LogP) is 6.13. The topological polar surface area (TPSA) is 81.4 Å². The molecule has 3 atom stereocenters. The molecule has 2 aliphatic rings. The normalized spacial score (nSPS) is 23.4. The minimum atomic E-state index is -4.50. The average molecular weight is 497 g/mol. The molecule has 2 amide bonds. The molecule has 184 valence electrons. The highest BCUT2D eigenvalue weighted by Crippen LogP contribution is 2.38. The van der Waals surface area contributed by atoms with Crippen LogP contribution in [0.3, 0.4) is 0 Å². The molecule has 2 fully saturated rings. The van der Waals surface area contributed by atoms with Crippen LogP contribution in [0.15, 0.2) is 28.7 Å². The van der Waals surface area contributed by atoms with Gasteiger partial charge in [-0.1, -0.05) is 43.7 Å². The molecule has 1 N–H and O–H groups in total. The molecule has 2 aromatic rings. The number of benzene rings is 1. The predicted molar refractivity (Wildman–Crippen MR) is 121 cm³/mol. The van der Waals surface area contributed by atoms with E-state index in [4.69, 9.17) is 9.15 Å². The van der Waals surface area contributed by atoms with E-state index in [1.807, 2.05) is 6.92 Å². The lowest BCUT2D eigenvalue weighted by Gasteiger charge is -2.29. The number of alkyl halides is 3. The van der Waals surface area contributed by atoms with Gasteiger partial charge in [-0.25, -0.2) is 4.98 Å². The van der Waals surface area contributed by atoms with Crippen molar-refractivity contribution in [3.8, 4) is 11.5 Å². The Balaban J connectivity index is 1.37. The maximum Gasteiger partial charge on any atom is 0.417 e. The number of hydrogen-bond acceptors (Lipinski definition) is 6. The van der Waals surface area contributed by atoms with Gasteiger partial charge in [0.25, 0.3) is 5.24 Å². The van der Waals surface area contributed by atoms with Gasteiger partial charge in [-0.15, -0.1) is 0 Å². The van der Waals surface area contributed by atoms with Crippen molar-refractivity contribution >= 4 is 22.9 Å². The molecule has 0 radical (unpaired) electrons. The van der Waals surface area contributed by atoms with E-state index < -0.39 is 11.7 Å². The van der Waals surface area contributed by atoms with Gasteiger partial charge in [-0.2, -0.15) is 13.2 Å². The highest BCUT2D eigenvalue weighted by Gasteiger charge is 2.35. The van der Waals surface area contributed by atoms with Crippen LogP contribution < -0.4 is 5.32 Å². The maximum absolute atomic E-state index is 13.4. The molecule has 4 rings (SSSR count). The minimum Gasteiger partial charge on any atom is -0.441 e. The lowest BCUT2D eigenvalue weighted by molar-refractivity contribution is -0.137. The van der Waals surface area contributed by atoms with Crippen molar-refractivity contribution in [3.63, 3.8) is 0 Å². The lowest BCUT2D eigenvalue weighted by Crippen LogP contribution is -2.26. The molecule has 1 aliphatic carbocycles. The third-order valence-corrected chi connectivity index (χ3v) is 7.41. The van der Waals surface area contributed by atoms with E-state index in [2.05, 4.69) is 10.3 Å². The number of rotatable bonds is 8. The Kier molecular flexibility index (Phi) is 7.67. The molecule has 1 aromatic carbocycles. The summed E-state index contributed by atoms with van der Waals surface area (Å²) in [7, 11) is 0. The van der Waals surface area contributed by atoms with Gasteiger partial charge in [0.1, 0.15) is 11.5 Å². The number of nitrogens with zero attached hydrogens (tertiary/aromatic N) is 1. The van der Waals surface area contributed by atoms with Crippen LogP contribution in [0.25, 0.3) is 11.5 Å². The number of imide groups is 1. The molecule has 2 heterocycles. The van der Waals surface area contributed by atoms with Gasteiger partial charge in [-0.05, 0) is 43.7 Å². The number of ether oxygens (including phenoxy) is 1. The fourth-order valence-corrected chi connectivity index (χ4v) is 5.46. The minimum absolute atomic E-state index is 0.0118. The van der Waals surface area contributed by atoms with E-state index in [-0.39, 0.29) is 40.6 Å². The molecule has 0 spiro atoms. The van der Waals surface area contributed by atoms with E-state index in [1.165, 1.54) is 18.2 Å². The zero-order chi connectivity index (χ0) is 24.3. The second-order valence-corrected chi connectivity index (χ2v) is 9.89. The van der Waals surface area contributed by atoms with Crippen LogP contribution in [0.5, 0.6) is 0 Å². The molecule has 1 aliphatic heterocycles. The summed E-state index contributed by atoms with van der Waals surface area (Å²) in [5.41, 5.74) is -0.340. The third kappa shape index (κ3) is 5.83. The van der Waals surface area contributed by atoms with Gasteiger partial charge in [0.15, 0.2) is 0 Å². The smallest absolute Gasteiger partial charge is 0.417 e. The summed E-state index contributed by atoms with van der Waals surface area (Å²) in [4.78, 5) is 27.5. The number of aromatic nitrogens is 1. The fourth-order valence-electron chi connectivity index (χ4n) is 4.63. The van der Waals surface area contributed by atoms with Crippen molar-refractivity contribution in [2.45, 2.75) is 76.0 Å². The van der Waals surface area contributed by atoms with Crippen LogP contribution in [0, 0.1) is 5.92 Å². The second kappa shape index (κ2) is 10.5. The first-order chi connectivity index (χ1) is 16.2. The Hall–Kier alpha value is -2.33. The van der Waals surface area contributed by atoms with Crippen LogP contribution in [0.2, 0.25) is 0 Å². The summed E-state index contributed by atoms with van der Waals surface area (Å²) < 4.78 is 52.1. The molecule has 1 unspecified atom stereocenters. The Morgan fingerprint density at radius 1 is 1.21 bits per heavy atom. The summed E-state index contributed by atoms with van der Waals surface area (Å²) in [6.07, 6.45) is 1.30. The molecule has 10 heteroatoms. The average Bonchev–Trinajstić information content (AvgIpc) is 3.37. The van der Waals surface area contributed by atoms with E-state index in [9.17, 15) is 22.8 Å². The van der Waals surface area contributed by atoms with E-state index >= 15 is 0 Å². The zero-order valence-electron chi connectivity index (χ0n) is 18.8. The highest BCUT2D eigenvalue weighted by molar-refractivity contribution is 8.15. The monoisotopic (exact) mass is 496 g/mol. The standard InChI is InChI=1S/C24H27F3N2O4S/c1-2-19-18(28-22(33-19)16-8-3-4-9-17(16)24(25,26)27)13-32-15-7-5-6-14(12-15)10-11-20-21(30)29-23(31)34-20/h3-4,8-9,14-15,20H,2,5-7,10-13H2,1H3,(H,29,30,31)/t14-,15-,20?/m1/s1. The Morgan fingerprint density at radius 2 is 2.00 bits per heavy atom. The Bertz CT molecular complexity index is 1040. The van der Waals surface area contributed by atoms with Crippen LogP contribution in [-0.2, 0) is 28.7 Å². The van der Waals surface area contributed by atoms with Crippen LogP contribution >= 0.6 is 11.8 Å². The SMILES string of the molecule is CCc1oc(-c2ccccc2C(F)(F)F)nc1CO[C@@H]1CCC[C@H](CCC2SC(=O)NC2=O)C1. The fraction of sp³-hybridized carbons (Fsp3) is 0.542. The molecule has 1 aromatic heterocycles. The molecular weight excluding hydrogens is 469 g/mol. The highest BCUT2D eigenvalue weighted by atomic mass is 32.2. The van der Waals surface area contributed by atoms with E-state index in [0.717, 1.165) is 49.9 Å². The van der Waals surface area contributed by atoms with E-state index in [1.54, 1.807) is 0 Å². The summed E-state index contributed by atoms with van der Waals surface area (Å²) >= 11 is 1.06. The van der Waals surface area contributed by atoms with Crippen molar-refractivity contribution in [3.05, 3.63) is 41.3 Å². The first kappa shape index (κ1) is 24.8. The van der Waals surface area contributed by atoms with Crippen molar-refractivity contribution in [2.75, 3.05) is 0 Å². The lowest BCUT2D eigenvalue weighted by atomic mass is 9.84. The van der Waals surface area contributed by atoms with Crippen LogP contribution in [-0.4, -0.2) is 27.5 Å². The summed E-state index contributed by atoms with van der Waals surface area (Å²) in [6.45, 7) is 2.04. The number of amides is 2. The molecular formula is C24H27F3N2O4S. The number of carbonyl (C=O) groups is 2. The number of carbonyl (C=O) groups excluding carboxylic acids is 2. The quantitative estimate of drug-likeness (QED) is 0.474. The molecule has 6 nitrogen and oxygen atoms in total. The number of nitrogens with one attached hydrogen (secondary N) is 1. The largest absolute Gasteiger partial charge is 0.441 e. The number of thioether (sulfide) groups is 1. The molecule has 1 saturated carbocycles. The molecule has 34 heavy (non-hydrogen) atoms. The Labute approximate surface area is 200 Å². The maximum atomic E-state index is 13.4. The van der Waals surface area contributed by atoms with Gasteiger partial charge in [0.2, 0.25) is 11.8 Å². The van der Waals surface area contributed by atoms with Gasteiger partial charge in [-0.3, -0.25) is 14.9 Å². The number of aryl methyl sites for hydroxylation is 1. The summed E-state index contributed by atoms with van der Waals surface area (Å²) in [5.74, 6) is 0.666. The van der Waals surface area contributed by atoms with Crippen molar-refractivity contribution in [1.29, 1.82) is 0 Å². The van der Waals surface area contributed by atoms with Crippen molar-refractivity contribution in [2.24, 2.45) is 5.92 Å².